The largest absolute Gasteiger partial charge is 0.340 e. The zero-order valence-corrected chi connectivity index (χ0v) is 14.5. The maximum absolute atomic E-state index is 12.4. The van der Waals surface area contributed by atoms with Gasteiger partial charge in [0.05, 0.1) is 5.69 Å². The summed E-state index contributed by atoms with van der Waals surface area (Å²) in [6.07, 6.45) is 1.32. The standard InChI is InChI=1S/C14H14Cl3N3O3/c1-2-3-11(17)18-13(22)19-7-12(21)20(14(19)23)10-5-8(15)4-9(16)6-10/h4-6,11H,2-3,7H2,1H3,(H,18,22). The van der Waals surface area contributed by atoms with Crippen molar-refractivity contribution in [2.75, 3.05) is 11.4 Å². The van der Waals surface area contributed by atoms with Gasteiger partial charge in [-0.2, -0.15) is 0 Å². The summed E-state index contributed by atoms with van der Waals surface area (Å²) < 4.78 is 0. The van der Waals surface area contributed by atoms with E-state index in [1.165, 1.54) is 18.2 Å². The van der Waals surface area contributed by atoms with Crippen molar-refractivity contribution < 1.29 is 14.4 Å². The number of alkyl halides is 1. The number of hydrogen-bond acceptors (Lipinski definition) is 3. The molecule has 0 bridgehead atoms. The Morgan fingerprint density at radius 2 is 1.87 bits per heavy atom. The fraction of sp³-hybridized carbons (Fsp3) is 0.357. The molecule has 23 heavy (non-hydrogen) atoms. The number of benzene rings is 1. The number of carbonyl (C=O) groups excluding carboxylic acids is 3. The van der Waals surface area contributed by atoms with Crippen LogP contribution in [0.4, 0.5) is 15.3 Å². The van der Waals surface area contributed by atoms with Crippen molar-refractivity contribution >= 4 is 58.5 Å². The minimum absolute atomic E-state index is 0.212. The molecule has 1 atom stereocenters. The van der Waals surface area contributed by atoms with E-state index in [-0.39, 0.29) is 22.3 Å². The average Bonchev–Trinajstić information content (AvgIpc) is 2.73. The molecule has 124 valence electrons. The third kappa shape index (κ3) is 4.07. The quantitative estimate of drug-likeness (QED) is 0.492. The summed E-state index contributed by atoms with van der Waals surface area (Å²) in [5.41, 5.74) is -0.395. The van der Waals surface area contributed by atoms with Crippen LogP contribution >= 0.6 is 34.8 Å². The Kier molecular flexibility index (Phi) is 5.73. The highest BCUT2D eigenvalue weighted by Crippen LogP contribution is 2.28. The number of hydrogen-bond donors (Lipinski definition) is 1. The number of imide groups is 2. The van der Waals surface area contributed by atoms with Crippen molar-refractivity contribution in [1.82, 2.24) is 10.2 Å². The molecule has 0 spiro atoms. The highest BCUT2D eigenvalue weighted by atomic mass is 35.5. The molecule has 6 nitrogen and oxygen atoms in total. The zero-order valence-electron chi connectivity index (χ0n) is 12.2. The maximum atomic E-state index is 12.4. The zero-order chi connectivity index (χ0) is 17.1. The van der Waals surface area contributed by atoms with E-state index < -0.39 is 23.5 Å². The lowest BCUT2D eigenvalue weighted by Crippen LogP contribution is -2.45. The summed E-state index contributed by atoms with van der Waals surface area (Å²) in [4.78, 5) is 38.2. The van der Waals surface area contributed by atoms with Gasteiger partial charge in [-0.25, -0.2) is 19.4 Å². The molecule has 5 amide bonds. The second-order valence-electron chi connectivity index (χ2n) is 4.93. The minimum atomic E-state index is -0.772. The molecule has 0 aromatic heterocycles. The summed E-state index contributed by atoms with van der Waals surface area (Å²) in [6, 6.07) is 2.84. The number of halogens is 3. The van der Waals surface area contributed by atoms with Crippen LogP contribution in [0.1, 0.15) is 19.8 Å². The van der Waals surface area contributed by atoms with Crippen molar-refractivity contribution in [2.24, 2.45) is 0 Å². The van der Waals surface area contributed by atoms with Crippen LogP contribution in [-0.2, 0) is 4.79 Å². The van der Waals surface area contributed by atoms with Gasteiger partial charge >= 0.3 is 12.1 Å². The first-order chi connectivity index (χ1) is 10.8. The van der Waals surface area contributed by atoms with Crippen LogP contribution in [0.3, 0.4) is 0 Å². The molecule has 0 saturated carbocycles. The highest BCUT2D eigenvalue weighted by molar-refractivity contribution is 6.35. The van der Waals surface area contributed by atoms with Gasteiger partial charge in [-0.05, 0) is 24.6 Å². The molecular formula is C14H14Cl3N3O3. The molecule has 0 radical (unpaired) electrons. The molecule has 1 unspecified atom stereocenters. The molecule has 2 rings (SSSR count). The van der Waals surface area contributed by atoms with Crippen molar-refractivity contribution in [1.29, 1.82) is 0 Å². The molecule has 1 fully saturated rings. The Hall–Kier alpha value is -1.50. The Morgan fingerprint density at radius 3 is 2.43 bits per heavy atom. The first-order valence-electron chi connectivity index (χ1n) is 6.88. The van der Waals surface area contributed by atoms with E-state index in [9.17, 15) is 14.4 Å². The number of anilines is 1. The van der Waals surface area contributed by atoms with Crippen LogP contribution in [0.25, 0.3) is 0 Å². The molecule has 1 aliphatic rings. The summed E-state index contributed by atoms with van der Waals surface area (Å²) >= 11 is 17.7. The van der Waals surface area contributed by atoms with Gasteiger partial charge in [0.2, 0.25) is 0 Å². The second-order valence-corrected chi connectivity index (χ2v) is 6.33. The minimum Gasteiger partial charge on any atom is -0.321 e. The SMILES string of the molecule is CCCC(Cl)NC(=O)N1CC(=O)N(c2cc(Cl)cc(Cl)c2)C1=O. The molecule has 1 N–H and O–H groups in total. The average molecular weight is 379 g/mol. The van der Waals surface area contributed by atoms with Crippen LogP contribution < -0.4 is 10.2 Å². The summed E-state index contributed by atoms with van der Waals surface area (Å²) in [5.74, 6) is -0.551. The fourth-order valence-electron chi connectivity index (χ4n) is 2.12. The molecule has 1 heterocycles. The molecular weight excluding hydrogens is 365 g/mol. The van der Waals surface area contributed by atoms with E-state index in [2.05, 4.69) is 5.32 Å². The second kappa shape index (κ2) is 7.38. The van der Waals surface area contributed by atoms with E-state index in [4.69, 9.17) is 34.8 Å². The Labute approximate surface area is 148 Å². The third-order valence-electron chi connectivity index (χ3n) is 3.14. The highest BCUT2D eigenvalue weighted by Gasteiger charge is 2.41. The summed E-state index contributed by atoms with van der Waals surface area (Å²) in [7, 11) is 0. The van der Waals surface area contributed by atoms with Gasteiger partial charge in [0.15, 0.2) is 0 Å². The Balaban J connectivity index is 2.18. The summed E-state index contributed by atoms with van der Waals surface area (Å²) in [5, 5.41) is 3.02. The van der Waals surface area contributed by atoms with Gasteiger partial charge in [-0.3, -0.25) is 4.79 Å². The van der Waals surface area contributed by atoms with Gasteiger partial charge in [0.25, 0.3) is 5.91 Å². The van der Waals surface area contributed by atoms with Crippen molar-refractivity contribution in [3.8, 4) is 0 Å². The fourth-order valence-corrected chi connectivity index (χ4v) is 2.95. The first kappa shape index (κ1) is 17.8. The van der Waals surface area contributed by atoms with Crippen LogP contribution in [0, 0.1) is 0 Å². The number of nitrogens with one attached hydrogen (secondary N) is 1. The molecule has 0 aliphatic carbocycles. The molecule has 1 saturated heterocycles. The molecule has 1 aliphatic heterocycles. The number of rotatable bonds is 4. The van der Waals surface area contributed by atoms with E-state index in [0.717, 1.165) is 16.2 Å². The topological polar surface area (TPSA) is 69.7 Å². The Bertz CT molecular complexity index is 633. The lowest BCUT2D eigenvalue weighted by Gasteiger charge is -2.18. The molecule has 9 heteroatoms. The predicted molar refractivity (Wildman–Crippen MR) is 89.1 cm³/mol. The van der Waals surface area contributed by atoms with Gasteiger partial charge in [-0.15, -0.1) is 0 Å². The monoisotopic (exact) mass is 377 g/mol. The number of nitrogens with zero attached hydrogens (tertiary/aromatic N) is 2. The van der Waals surface area contributed by atoms with Crippen LogP contribution in [0.5, 0.6) is 0 Å². The van der Waals surface area contributed by atoms with Gasteiger partial charge in [-0.1, -0.05) is 48.1 Å². The van der Waals surface area contributed by atoms with Crippen LogP contribution in [0.15, 0.2) is 18.2 Å². The summed E-state index contributed by atoms with van der Waals surface area (Å²) in [6.45, 7) is 1.54. The van der Waals surface area contributed by atoms with Gasteiger partial charge < -0.3 is 5.32 Å². The van der Waals surface area contributed by atoms with Gasteiger partial charge in [0, 0.05) is 10.0 Å². The third-order valence-corrected chi connectivity index (χ3v) is 3.90. The maximum Gasteiger partial charge on any atom is 0.340 e. The lowest BCUT2D eigenvalue weighted by atomic mass is 10.3. The predicted octanol–water partition coefficient (Wildman–Crippen LogP) is 3.84. The first-order valence-corrected chi connectivity index (χ1v) is 8.07. The van der Waals surface area contributed by atoms with E-state index in [1.807, 2.05) is 6.92 Å². The molecule has 1 aromatic rings. The van der Waals surface area contributed by atoms with Crippen LogP contribution in [0.2, 0.25) is 10.0 Å². The smallest absolute Gasteiger partial charge is 0.321 e. The number of amides is 5. The van der Waals surface area contributed by atoms with E-state index >= 15 is 0 Å². The van der Waals surface area contributed by atoms with Crippen molar-refractivity contribution in [3.05, 3.63) is 28.2 Å². The van der Waals surface area contributed by atoms with Crippen molar-refractivity contribution in [2.45, 2.75) is 25.3 Å². The van der Waals surface area contributed by atoms with E-state index in [0.29, 0.717) is 6.42 Å². The van der Waals surface area contributed by atoms with E-state index in [1.54, 1.807) is 0 Å². The number of urea groups is 2. The normalized spacial score (nSPS) is 16.0. The Morgan fingerprint density at radius 1 is 1.26 bits per heavy atom. The van der Waals surface area contributed by atoms with Crippen molar-refractivity contribution in [3.63, 3.8) is 0 Å². The van der Waals surface area contributed by atoms with Gasteiger partial charge in [0.1, 0.15) is 12.0 Å². The molecule has 1 aromatic carbocycles. The van der Waals surface area contributed by atoms with Crippen LogP contribution in [-0.4, -0.2) is 34.9 Å². The number of carbonyl (C=O) groups is 3. The lowest BCUT2D eigenvalue weighted by molar-refractivity contribution is -0.116.